The predicted octanol–water partition coefficient (Wildman–Crippen LogP) is 10.4. The quantitative estimate of drug-likeness (QED) is 0.0653. The van der Waals surface area contributed by atoms with Gasteiger partial charge in [-0.3, -0.25) is 9.59 Å². The Labute approximate surface area is 344 Å². The minimum atomic E-state index is -3.20. The lowest BCUT2D eigenvalue weighted by molar-refractivity contribution is -0.150. The summed E-state index contributed by atoms with van der Waals surface area (Å²) in [5.41, 5.74) is 0. The van der Waals surface area contributed by atoms with Crippen LogP contribution >= 0.6 is 6.92 Å². The minimum absolute atomic E-state index is 0. The Morgan fingerprint density at radius 1 is 0.755 bits per heavy atom. The van der Waals surface area contributed by atoms with Gasteiger partial charge in [0.15, 0.2) is 28.9 Å². The molecule has 323 valence electrons. The maximum Gasteiger partial charge on any atom is 0.360 e. The number of benzene rings is 1. The van der Waals surface area contributed by atoms with E-state index in [4.69, 9.17) is 37.1 Å². The number of carbonyl (C=O) groups is 2. The Bertz CT molecular complexity index is 1170. The van der Waals surface area contributed by atoms with Gasteiger partial charge in [0, 0.05) is 23.3 Å². The molecule has 0 saturated carbocycles. The van der Waals surface area contributed by atoms with Crippen molar-refractivity contribution in [3.63, 3.8) is 0 Å². The Morgan fingerprint density at radius 3 is 1.58 bits per heavy atom. The molecule has 0 saturated heterocycles. The number of aliphatic hydroxyl groups excluding tert-OH is 1. The third-order valence-electron chi connectivity index (χ3n) is 5.72. The molecule has 1 radical (unpaired) electrons. The second-order valence-corrected chi connectivity index (χ2v) is 35.3. The number of hydrogen-bond donors (Lipinski definition) is 1. The van der Waals surface area contributed by atoms with E-state index in [1.165, 1.54) is 0 Å². The summed E-state index contributed by atoms with van der Waals surface area (Å²) in [5, 5.41) is 10.1. The van der Waals surface area contributed by atoms with Gasteiger partial charge < -0.3 is 35.9 Å². The molecule has 1 aromatic rings. The summed E-state index contributed by atoms with van der Waals surface area (Å²) in [6.45, 7) is 21.5. The lowest BCUT2D eigenvalue weighted by Crippen LogP contribution is -2.59. The van der Waals surface area contributed by atoms with Crippen LogP contribution < -0.4 is 14.9 Å². The topological polar surface area (TPSA) is 133 Å². The van der Waals surface area contributed by atoms with Gasteiger partial charge in [0.1, 0.15) is 21.9 Å². The van der Waals surface area contributed by atoms with Gasteiger partial charge in [-0.25, -0.2) is 0 Å². The molecule has 6 unspecified atom stereocenters. The lowest BCUT2D eigenvalue weighted by atomic mass is 10.2. The predicted molar refractivity (Wildman–Crippen MR) is 250 cm³/mol. The molecule has 1 rings (SSSR count). The molecular formula is C35H86O10PS2Si5. The highest BCUT2D eigenvalue weighted by molar-refractivity contribution is 8.35. The van der Waals surface area contributed by atoms with E-state index < -0.39 is 79.8 Å². The molecule has 0 aliphatic heterocycles. The summed E-state index contributed by atoms with van der Waals surface area (Å²) in [6, 6.07) is 7.06. The molecule has 0 fully saturated rings. The van der Waals surface area contributed by atoms with Gasteiger partial charge in [-0.2, -0.15) is 0 Å². The molecule has 53 heavy (non-hydrogen) atoms. The fraction of sp³-hybridized carbons (Fsp3) is 0.771. The van der Waals surface area contributed by atoms with Gasteiger partial charge >= 0.3 is 38.3 Å². The van der Waals surface area contributed by atoms with Gasteiger partial charge in [0.05, 0.1) is 17.9 Å². The molecule has 0 aliphatic rings. The van der Waals surface area contributed by atoms with E-state index in [0.29, 0.717) is 17.1 Å². The van der Waals surface area contributed by atoms with Crippen molar-refractivity contribution >= 4 is 87.9 Å². The van der Waals surface area contributed by atoms with Crippen molar-refractivity contribution in [3.05, 3.63) is 24.3 Å². The normalized spacial score (nSPS) is 14.6. The van der Waals surface area contributed by atoms with Gasteiger partial charge in [-0.05, 0) is 90.1 Å². The van der Waals surface area contributed by atoms with E-state index in [0.717, 1.165) is 9.50 Å². The summed E-state index contributed by atoms with van der Waals surface area (Å²) in [5.74, 6) is -1.68. The molecule has 10 nitrogen and oxygen atoms in total. The molecule has 0 heterocycles. The fourth-order valence-electron chi connectivity index (χ4n) is 4.59. The summed E-state index contributed by atoms with van der Waals surface area (Å²) in [6.07, 6.45) is -0.764. The lowest BCUT2D eigenvalue weighted by Gasteiger charge is -2.42. The SMILES string of the molecule is C.C.C.C.C.C.C.C.C.CC(O)COC(=O)C(C)C[Si](C)(O[Si](C)(C)C)O[Si](C)(CC(C)C(=O)Oc1ccc([P+]([O-])=S=S)cc1)O[Si](C)O[Si](C)(C)C. The summed E-state index contributed by atoms with van der Waals surface area (Å²) in [4.78, 5) is 38.0. The third-order valence-corrected chi connectivity index (χ3v) is 25.7. The average Bonchev–Trinajstić information content (AvgIpc) is 2.83. The largest absolute Gasteiger partial charge is 0.615 e. The van der Waals surface area contributed by atoms with Gasteiger partial charge in [0.25, 0.3) is 0 Å². The van der Waals surface area contributed by atoms with Crippen LogP contribution in [0.1, 0.15) is 87.6 Å². The van der Waals surface area contributed by atoms with Crippen LogP contribution in [-0.2, 0) is 51.5 Å². The van der Waals surface area contributed by atoms with Crippen LogP contribution in [0.5, 0.6) is 5.75 Å². The van der Waals surface area contributed by atoms with Crippen LogP contribution in [0.25, 0.3) is 0 Å². The number of carbonyl (C=O) groups excluding carboxylic acids is 2. The average molecular weight is 903 g/mol. The zero-order chi connectivity index (χ0) is 34.1. The van der Waals surface area contributed by atoms with E-state index in [-0.39, 0.29) is 79.5 Å². The molecule has 1 aromatic carbocycles. The van der Waals surface area contributed by atoms with Crippen LogP contribution in [0.15, 0.2) is 24.3 Å². The Kier molecular flexibility index (Phi) is 44.3. The number of esters is 2. The number of ether oxygens (including phenoxy) is 2. The first-order chi connectivity index (χ1) is 20.0. The van der Waals surface area contributed by atoms with Crippen LogP contribution in [0, 0.1) is 11.8 Å². The summed E-state index contributed by atoms with van der Waals surface area (Å²) >= 11 is 4.81. The Balaban J connectivity index is -0.000000307. The maximum atomic E-state index is 13.3. The molecule has 6 atom stereocenters. The van der Waals surface area contributed by atoms with Crippen molar-refractivity contribution in [1.29, 1.82) is 0 Å². The van der Waals surface area contributed by atoms with Crippen molar-refractivity contribution in [2.75, 3.05) is 6.61 Å². The van der Waals surface area contributed by atoms with E-state index in [9.17, 15) is 19.6 Å². The Morgan fingerprint density at radius 2 is 1.19 bits per heavy atom. The van der Waals surface area contributed by atoms with Crippen LogP contribution in [0.2, 0.25) is 71.0 Å². The first-order valence-electron chi connectivity index (χ1n) is 14.5. The Hall–Kier alpha value is -0.256. The first kappa shape index (κ1) is 73.8. The molecule has 18 heteroatoms. The second kappa shape index (κ2) is 31.8. The molecule has 0 bridgehead atoms. The van der Waals surface area contributed by atoms with E-state index in [1.54, 1.807) is 45.0 Å². The van der Waals surface area contributed by atoms with Crippen molar-refractivity contribution in [2.24, 2.45) is 11.8 Å². The van der Waals surface area contributed by atoms with E-state index in [2.05, 4.69) is 39.3 Å². The standard InChI is InChI=1S/C26H50O10PS2Si5.9CH4/c1-20(25(28)31-17-22(3)27)19-44(12,35-42(8,9)10)36-43(11,34-40(4)33-41(5,6)7)18-21(2)26(29)32-23-13-15-24(16-14-23)37(30)39-38;;;;;;;;;/h13-16,20-22,27H,17-19H2,1-12H3;9*1H4. The monoisotopic (exact) mass is 901 g/mol. The van der Waals surface area contributed by atoms with Crippen molar-refractivity contribution in [1.82, 2.24) is 0 Å². The van der Waals surface area contributed by atoms with Gasteiger partial charge in [0.2, 0.25) is 0 Å². The number of hydrogen-bond acceptors (Lipinski definition) is 11. The smallest absolute Gasteiger partial charge is 0.360 e. The number of rotatable bonds is 18. The van der Waals surface area contributed by atoms with E-state index >= 15 is 0 Å². The second-order valence-electron chi connectivity index (χ2n) is 13.3. The molecule has 1 N–H and O–H groups in total. The molecule has 0 aliphatic carbocycles. The zero-order valence-corrected chi connectivity index (χ0v) is 35.6. The van der Waals surface area contributed by atoms with Crippen molar-refractivity contribution in [3.8, 4) is 5.75 Å². The molecule has 0 aromatic heterocycles. The zero-order valence-electron chi connectivity index (χ0n) is 28.0. The van der Waals surface area contributed by atoms with Crippen LogP contribution in [-0.4, -0.2) is 72.8 Å². The molecule has 0 spiro atoms. The van der Waals surface area contributed by atoms with Crippen molar-refractivity contribution in [2.45, 2.75) is 165 Å². The number of aliphatic hydroxyl groups is 1. The fourth-order valence-corrected chi connectivity index (χ4v) is 26.7. The minimum Gasteiger partial charge on any atom is -0.615 e. The van der Waals surface area contributed by atoms with Gasteiger partial charge in [-0.1, -0.05) is 80.7 Å². The first-order valence-corrected chi connectivity index (χ1v) is 31.8. The van der Waals surface area contributed by atoms with Crippen LogP contribution in [0.3, 0.4) is 0 Å². The van der Waals surface area contributed by atoms with Gasteiger partial charge in [-0.15, -0.1) is 0 Å². The maximum absolute atomic E-state index is 13.3. The molecular weight excluding hydrogens is 816 g/mol. The van der Waals surface area contributed by atoms with Crippen LogP contribution in [0.4, 0.5) is 0 Å². The summed E-state index contributed by atoms with van der Waals surface area (Å²) < 4.78 is 37.6. The van der Waals surface area contributed by atoms with Crippen molar-refractivity contribution < 1.29 is 45.5 Å². The molecule has 0 amide bonds. The highest BCUT2D eigenvalue weighted by Crippen LogP contribution is 2.33. The van der Waals surface area contributed by atoms with E-state index in [1.807, 2.05) is 19.6 Å². The third kappa shape index (κ3) is 30.5. The highest BCUT2D eigenvalue weighted by atomic mass is 32.9. The summed E-state index contributed by atoms with van der Waals surface area (Å²) in [7, 11) is -11.3. The highest BCUT2D eigenvalue weighted by Gasteiger charge is 2.49.